The molecule has 2 N–H and O–H groups in total. The first-order chi connectivity index (χ1) is 17.0. The number of carbonyl (C=O) groups excluding carboxylic acids is 1. The van der Waals surface area contributed by atoms with Crippen LogP contribution in [-0.4, -0.2) is 41.1 Å². The number of aryl methyl sites for hydroxylation is 1. The summed E-state index contributed by atoms with van der Waals surface area (Å²) >= 11 is 0. The Morgan fingerprint density at radius 3 is 2.69 bits per heavy atom. The van der Waals surface area contributed by atoms with Crippen LogP contribution in [0.1, 0.15) is 47.3 Å². The molecule has 0 radical (unpaired) electrons. The molecular weight excluding hydrogens is 471 g/mol. The second-order valence-corrected chi connectivity index (χ2v) is 10.2. The number of hydrogen-bond acceptors (Lipinski definition) is 6. The van der Waals surface area contributed by atoms with Crippen molar-refractivity contribution in [1.82, 2.24) is 24.2 Å². The number of pyridine rings is 1. The standard InChI is InChI=1S/C21H20N6O3S.C3H5F/c1-13-2-3-15(20-23-12-30-26-20)9-17(13)25-21(28)18-11-22-19-8-14(6-7-27(18)19)10-24-31(29)16-4-5-16;4-3-1-2-3/h2-3,6-9,11-12,16,24H,4-5,10H2,1H3,(H,25,28);3H,1-2H2. The minimum absolute atomic E-state index is 0.276. The number of amides is 1. The molecule has 2 aliphatic carbocycles. The Bertz CT molecular complexity index is 1370. The Morgan fingerprint density at radius 1 is 1.20 bits per heavy atom. The van der Waals surface area contributed by atoms with Gasteiger partial charge in [-0.1, -0.05) is 17.3 Å². The van der Waals surface area contributed by atoms with Crippen LogP contribution < -0.4 is 10.0 Å². The van der Waals surface area contributed by atoms with Crippen molar-refractivity contribution in [2.24, 2.45) is 0 Å². The number of halogens is 1. The highest BCUT2D eigenvalue weighted by Gasteiger charge is 2.28. The SMILES string of the molecule is Cc1ccc(-c2ncon2)cc1NC(=O)c1cnc2cc(CNS(=O)C3CC3)ccn12.FC1CC1. The predicted molar refractivity (Wildman–Crippen MR) is 130 cm³/mol. The van der Waals surface area contributed by atoms with Gasteiger partial charge in [-0.15, -0.1) is 0 Å². The first kappa shape index (κ1) is 23.3. The fourth-order valence-corrected chi connectivity index (χ4v) is 4.41. The van der Waals surface area contributed by atoms with E-state index < -0.39 is 17.2 Å². The van der Waals surface area contributed by atoms with Gasteiger partial charge in [0.2, 0.25) is 12.2 Å². The molecule has 1 atom stereocenters. The van der Waals surface area contributed by atoms with Crippen LogP contribution >= 0.6 is 0 Å². The molecule has 0 aliphatic heterocycles. The van der Waals surface area contributed by atoms with E-state index in [0.717, 1.165) is 42.4 Å². The third kappa shape index (κ3) is 5.80. The number of aromatic nitrogens is 4. The van der Waals surface area contributed by atoms with Gasteiger partial charge in [-0.25, -0.2) is 18.3 Å². The number of rotatable bonds is 7. The molecule has 9 nitrogen and oxygen atoms in total. The van der Waals surface area contributed by atoms with Crippen LogP contribution in [-0.2, 0) is 17.5 Å². The lowest BCUT2D eigenvalue weighted by Gasteiger charge is -2.10. The molecule has 3 aromatic heterocycles. The van der Waals surface area contributed by atoms with Crippen LogP contribution in [0.2, 0.25) is 0 Å². The van der Waals surface area contributed by atoms with E-state index in [1.807, 2.05) is 37.3 Å². The Labute approximate surface area is 203 Å². The number of alkyl halides is 1. The highest BCUT2D eigenvalue weighted by Crippen LogP contribution is 2.25. The summed E-state index contributed by atoms with van der Waals surface area (Å²) in [6.07, 6.45) is 7.88. The van der Waals surface area contributed by atoms with Gasteiger partial charge in [-0.3, -0.25) is 9.20 Å². The van der Waals surface area contributed by atoms with E-state index in [4.69, 9.17) is 4.52 Å². The molecule has 0 bridgehead atoms. The van der Waals surface area contributed by atoms with E-state index in [9.17, 15) is 13.4 Å². The zero-order valence-electron chi connectivity index (χ0n) is 19.1. The summed E-state index contributed by atoms with van der Waals surface area (Å²) in [6.45, 7) is 2.41. The summed E-state index contributed by atoms with van der Waals surface area (Å²) in [7, 11) is -0.991. The topological polar surface area (TPSA) is 114 Å². The van der Waals surface area contributed by atoms with Gasteiger partial charge in [0.1, 0.15) is 17.5 Å². The van der Waals surface area contributed by atoms with Crippen LogP contribution in [0.15, 0.2) is 53.6 Å². The number of anilines is 1. The van der Waals surface area contributed by atoms with E-state index in [0.29, 0.717) is 29.4 Å². The summed E-state index contributed by atoms with van der Waals surface area (Å²) in [5.74, 6) is 0.177. The van der Waals surface area contributed by atoms with Crippen molar-refractivity contribution in [2.75, 3.05) is 5.32 Å². The lowest BCUT2D eigenvalue weighted by Crippen LogP contribution is -2.20. The second-order valence-electron chi connectivity index (χ2n) is 8.64. The molecule has 4 aromatic rings. The second kappa shape index (κ2) is 10.0. The lowest BCUT2D eigenvalue weighted by molar-refractivity contribution is 0.102. The number of nitrogens with zero attached hydrogens (tertiary/aromatic N) is 4. The third-order valence-electron chi connectivity index (χ3n) is 5.67. The molecule has 2 aliphatic rings. The van der Waals surface area contributed by atoms with Gasteiger partial charge in [-0.2, -0.15) is 4.98 Å². The molecule has 11 heteroatoms. The summed E-state index contributed by atoms with van der Waals surface area (Å²) in [5, 5.41) is 7.06. The predicted octanol–water partition coefficient (Wildman–Crippen LogP) is 3.98. The number of hydrogen-bond donors (Lipinski definition) is 2. The van der Waals surface area contributed by atoms with Crippen molar-refractivity contribution in [2.45, 2.75) is 50.6 Å². The Hall–Kier alpha value is -3.44. The normalized spacial score (nSPS) is 15.9. The van der Waals surface area contributed by atoms with Crippen LogP contribution in [0.5, 0.6) is 0 Å². The molecule has 1 unspecified atom stereocenters. The summed E-state index contributed by atoms with van der Waals surface area (Å²) in [5.41, 5.74) is 4.34. The maximum atomic E-state index is 12.9. The van der Waals surface area contributed by atoms with Gasteiger partial charge in [0.15, 0.2) is 0 Å². The molecule has 0 spiro atoms. The number of carbonyl (C=O) groups is 1. The van der Waals surface area contributed by atoms with E-state index in [-0.39, 0.29) is 11.2 Å². The zero-order valence-corrected chi connectivity index (χ0v) is 19.9. The van der Waals surface area contributed by atoms with Crippen LogP contribution in [0.3, 0.4) is 0 Å². The fraction of sp³-hybridized carbons (Fsp3) is 0.333. The molecule has 6 rings (SSSR count). The third-order valence-corrected chi connectivity index (χ3v) is 7.17. The number of nitrogens with one attached hydrogen (secondary N) is 2. The van der Waals surface area contributed by atoms with Crippen LogP contribution in [0.25, 0.3) is 17.0 Å². The smallest absolute Gasteiger partial charge is 0.274 e. The average molecular weight is 497 g/mol. The first-order valence-electron chi connectivity index (χ1n) is 11.4. The highest BCUT2D eigenvalue weighted by molar-refractivity contribution is 7.83. The number of imidazole rings is 1. The molecular formula is C24H25FN6O3S. The maximum Gasteiger partial charge on any atom is 0.274 e. The van der Waals surface area contributed by atoms with Crippen molar-refractivity contribution in [1.29, 1.82) is 0 Å². The van der Waals surface area contributed by atoms with Crippen molar-refractivity contribution in [3.05, 3.63) is 65.9 Å². The molecule has 35 heavy (non-hydrogen) atoms. The molecule has 2 fully saturated rings. The number of fused-ring (bicyclic) bond motifs is 1. The molecule has 3 heterocycles. The van der Waals surface area contributed by atoms with Crippen molar-refractivity contribution < 1.29 is 17.9 Å². The van der Waals surface area contributed by atoms with Crippen molar-refractivity contribution in [3.63, 3.8) is 0 Å². The zero-order chi connectivity index (χ0) is 24.4. The Morgan fingerprint density at radius 2 is 2.00 bits per heavy atom. The molecule has 2 saturated carbocycles. The van der Waals surface area contributed by atoms with Crippen molar-refractivity contribution in [3.8, 4) is 11.4 Å². The van der Waals surface area contributed by atoms with Gasteiger partial charge >= 0.3 is 0 Å². The minimum Gasteiger partial charge on any atom is -0.342 e. The molecule has 1 amide bonds. The van der Waals surface area contributed by atoms with Crippen molar-refractivity contribution >= 4 is 28.2 Å². The lowest BCUT2D eigenvalue weighted by atomic mass is 10.1. The van der Waals surface area contributed by atoms with E-state index in [1.165, 1.54) is 6.39 Å². The number of benzene rings is 1. The molecule has 182 valence electrons. The van der Waals surface area contributed by atoms with Gasteiger partial charge in [0.05, 0.1) is 17.2 Å². The van der Waals surface area contributed by atoms with Crippen LogP contribution in [0.4, 0.5) is 10.1 Å². The largest absolute Gasteiger partial charge is 0.342 e. The van der Waals surface area contributed by atoms with Gasteiger partial charge < -0.3 is 9.84 Å². The molecule has 1 aromatic carbocycles. The van der Waals surface area contributed by atoms with E-state index >= 15 is 0 Å². The summed E-state index contributed by atoms with van der Waals surface area (Å²) < 4.78 is 32.6. The summed E-state index contributed by atoms with van der Waals surface area (Å²) in [6, 6.07) is 9.35. The molecule has 0 saturated heterocycles. The van der Waals surface area contributed by atoms with Gasteiger partial charge in [0.25, 0.3) is 5.91 Å². The fourth-order valence-electron chi connectivity index (χ4n) is 3.30. The monoisotopic (exact) mass is 496 g/mol. The highest BCUT2D eigenvalue weighted by atomic mass is 32.2. The first-order valence-corrected chi connectivity index (χ1v) is 12.6. The van der Waals surface area contributed by atoms with Crippen LogP contribution in [0, 0.1) is 6.92 Å². The van der Waals surface area contributed by atoms with E-state index in [2.05, 4.69) is 25.2 Å². The quantitative estimate of drug-likeness (QED) is 0.400. The average Bonchev–Trinajstić information content (AvgIpc) is 3.76. The summed E-state index contributed by atoms with van der Waals surface area (Å²) in [4.78, 5) is 21.4. The minimum atomic E-state index is -0.991. The maximum absolute atomic E-state index is 12.9. The van der Waals surface area contributed by atoms with E-state index in [1.54, 1.807) is 16.8 Å². The Balaban J connectivity index is 0.000000577. The Kier molecular flexibility index (Phi) is 6.69. The van der Waals surface area contributed by atoms with Gasteiger partial charge in [0, 0.05) is 29.2 Å². The van der Waals surface area contributed by atoms with Gasteiger partial charge in [-0.05, 0) is 61.9 Å².